The van der Waals surface area contributed by atoms with Gasteiger partial charge in [0.1, 0.15) is 29.0 Å². The third-order valence-electron chi connectivity index (χ3n) is 8.17. The summed E-state index contributed by atoms with van der Waals surface area (Å²) in [5.74, 6) is -2.89. The molecule has 5 atom stereocenters. The number of hydrogen-bond donors (Lipinski definition) is 3. The van der Waals surface area contributed by atoms with Crippen molar-refractivity contribution >= 4 is 23.9 Å². The van der Waals surface area contributed by atoms with E-state index in [1.165, 1.54) is 27.9 Å². The van der Waals surface area contributed by atoms with E-state index in [0.717, 1.165) is 19.3 Å². The van der Waals surface area contributed by atoms with Crippen LogP contribution < -0.4 is 10.6 Å². The zero-order valence-corrected chi connectivity index (χ0v) is 25.0. The second-order valence-corrected chi connectivity index (χ2v) is 12.7. The first-order chi connectivity index (χ1) is 20.9. The number of nitrogens with one attached hydrogen (secondary N) is 2. The number of ether oxygens (including phenoxy) is 1. The van der Waals surface area contributed by atoms with E-state index in [1.54, 1.807) is 26.8 Å². The number of aromatic nitrogens is 4. The number of aliphatic carboxylic acids is 1. The van der Waals surface area contributed by atoms with Crippen molar-refractivity contribution in [1.29, 1.82) is 0 Å². The van der Waals surface area contributed by atoms with Crippen LogP contribution in [-0.2, 0) is 19.1 Å². The lowest BCUT2D eigenvalue weighted by molar-refractivity contribution is -0.145. The van der Waals surface area contributed by atoms with Crippen molar-refractivity contribution in [3.8, 4) is 11.4 Å². The number of carbonyl (C=O) groups excluding carboxylic acids is 3. The molecule has 2 aromatic rings. The maximum absolute atomic E-state index is 14.1. The fraction of sp³-hybridized carbons (Fsp3) is 0.567. The standard InChI is InChI=1S/C30H38FN7O6/c1-29(2,3)44-28(43)32-22-13-8-6-4-5-7-11-19-16-30(19,27(41)42)33-25(39)23-15-21(17-37(23)26(22)40)38-35-24(34-36-38)18-10-9-12-20(31)14-18/h7,9-12,14,19,21-23H,4-6,8,13,15-17H2,1-3H3,(H,32,43)(H,33,39)(H,41,42)/b11-7-/t19-,21+,22-,23+,30+/m1/s1. The summed E-state index contributed by atoms with van der Waals surface area (Å²) in [7, 11) is 0. The number of tetrazole rings is 1. The third kappa shape index (κ3) is 6.89. The van der Waals surface area contributed by atoms with E-state index in [1.807, 2.05) is 12.2 Å². The van der Waals surface area contributed by atoms with E-state index in [4.69, 9.17) is 4.74 Å². The van der Waals surface area contributed by atoms with Crippen molar-refractivity contribution in [3.05, 3.63) is 42.2 Å². The Labute approximate surface area is 254 Å². The summed E-state index contributed by atoms with van der Waals surface area (Å²) in [6, 6.07) is 3.10. The molecule has 3 N–H and O–H groups in total. The second-order valence-electron chi connectivity index (χ2n) is 12.7. The number of nitrogens with zero attached hydrogens (tertiary/aromatic N) is 5. The van der Waals surface area contributed by atoms with Crippen LogP contribution in [0.25, 0.3) is 11.4 Å². The molecule has 0 radical (unpaired) electrons. The first kappa shape index (κ1) is 31.1. The van der Waals surface area contributed by atoms with Crippen molar-refractivity contribution < 1.29 is 33.4 Å². The number of alkyl carbamates (subject to hydrolysis) is 1. The second kappa shape index (κ2) is 12.3. The largest absolute Gasteiger partial charge is 0.479 e. The molecule has 1 saturated carbocycles. The lowest BCUT2D eigenvalue weighted by Gasteiger charge is -2.30. The SMILES string of the molecule is CC(C)(C)OC(=O)N[C@@H]1CCCCC/C=C\[C@@H]2C[C@]2(C(=O)O)NC(=O)[C@@H]2C[C@H](n3nnc(-c4cccc(F)c4)n3)CN2C1=O. The molecule has 1 saturated heterocycles. The minimum Gasteiger partial charge on any atom is -0.479 e. The fourth-order valence-corrected chi connectivity index (χ4v) is 5.82. The summed E-state index contributed by atoms with van der Waals surface area (Å²) in [5.41, 5.74) is -1.83. The van der Waals surface area contributed by atoms with Gasteiger partial charge in [-0.3, -0.25) is 9.59 Å². The monoisotopic (exact) mass is 611 g/mol. The number of halogens is 1. The van der Waals surface area contributed by atoms with Crippen molar-refractivity contribution in [2.45, 2.75) is 95.0 Å². The molecule has 3 heterocycles. The molecule has 3 amide bonds. The number of carboxylic acids is 1. The van der Waals surface area contributed by atoms with E-state index in [0.29, 0.717) is 18.4 Å². The van der Waals surface area contributed by atoms with Gasteiger partial charge in [-0.15, -0.1) is 10.2 Å². The summed E-state index contributed by atoms with van der Waals surface area (Å²) in [5, 5.41) is 28.0. The third-order valence-corrected chi connectivity index (χ3v) is 8.17. The van der Waals surface area contributed by atoms with Crippen LogP contribution in [0.5, 0.6) is 0 Å². The molecule has 1 aliphatic carbocycles. The van der Waals surface area contributed by atoms with Crippen LogP contribution in [0, 0.1) is 11.7 Å². The zero-order chi connectivity index (χ0) is 31.6. The number of benzene rings is 1. The summed E-state index contributed by atoms with van der Waals surface area (Å²) >= 11 is 0. The van der Waals surface area contributed by atoms with Crippen molar-refractivity contribution in [2.75, 3.05) is 6.54 Å². The van der Waals surface area contributed by atoms with E-state index in [2.05, 4.69) is 26.0 Å². The minimum atomic E-state index is -1.45. The van der Waals surface area contributed by atoms with Gasteiger partial charge in [0.2, 0.25) is 17.6 Å². The molecule has 14 heteroatoms. The molecular formula is C30H38FN7O6. The van der Waals surface area contributed by atoms with E-state index >= 15 is 0 Å². The molecule has 1 aromatic carbocycles. The Morgan fingerprint density at radius 2 is 2.00 bits per heavy atom. The molecule has 44 heavy (non-hydrogen) atoms. The highest BCUT2D eigenvalue weighted by molar-refractivity contribution is 5.96. The topological polar surface area (TPSA) is 169 Å². The Bertz CT molecular complexity index is 1460. The molecule has 1 aromatic heterocycles. The zero-order valence-electron chi connectivity index (χ0n) is 25.0. The Kier molecular flexibility index (Phi) is 8.71. The van der Waals surface area contributed by atoms with Crippen molar-refractivity contribution in [2.24, 2.45) is 5.92 Å². The Morgan fingerprint density at radius 1 is 1.20 bits per heavy atom. The van der Waals surface area contributed by atoms with Crippen LogP contribution in [0.4, 0.5) is 9.18 Å². The van der Waals surface area contributed by atoms with Crippen LogP contribution in [0.1, 0.15) is 71.8 Å². The number of allylic oxidation sites excluding steroid dienone is 1. The highest BCUT2D eigenvalue weighted by Gasteiger charge is 2.61. The van der Waals surface area contributed by atoms with E-state index in [-0.39, 0.29) is 31.1 Å². The number of rotatable bonds is 4. The molecule has 236 valence electrons. The number of carboxylic acid groups (broad SMARTS) is 1. The van der Waals surface area contributed by atoms with Crippen molar-refractivity contribution in [3.63, 3.8) is 0 Å². The van der Waals surface area contributed by atoms with Gasteiger partial charge in [-0.1, -0.05) is 37.1 Å². The van der Waals surface area contributed by atoms with Crippen LogP contribution in [0.15, 0.2) is 36.4 Å². The fourth-order valence-electron chi connectivity index (χ4n) is 5.82. The normalized spacial score (nSPS) is 28.5. The molecule has 0 spiro atoms. The Balaban J connectivity index is 1.44. The molecule has 3 aliphatic rings. The summed E-state index contributed by atoms with van der Waals surface area (Å²) in [4.78, 5) is 55.6. The van der Waals surface area contributed by atoms with Gasteiger partial charge in [-0.05, 0) is 63.8 Å². The lowest BCUT2D eigenvalue weighted by atomic mass is 10.0. The average Bonchev–Trinajstić information content (AvgIpc) is 3.27. The maximum atomic E-state index is 14.1. The highest BCUT2D eigenvalue weighted by atomic mass is 19.1. The minimum absolute atomic E-state index is 0.00573. The highest BCUT2D eigenvalue weighted by Crippen LogP contribution is 2.45. The van der Waals surface area contributed by atoms with Crippen LogP contribution >= 0.6 is 0 Å². The van der Waals surface area contributed by atoms with E-state index in [9.17, 15) is 28.7 Å². The van der Waals surface area contributed by atoms with Crippen molar-refractivity contribution in [1.82, 2.24) is 35.7 Å². The predicted octanol–water partition coefficient (Wildman–Crippen LogP) is 2.99. The maximum Gasteiger partial charge on any atom is 0.408 e. The molecule has 0 unspecified atom stereocenters. The van der Waals surface area contributed by atoms with Gasteiger partial charge < -0.3 is 25.4 Å². The summed E-state index contributed by atoms with van der Waals surface area (Å²) in [6.07, 6.45) is 6.65. The van der Waals surface area contributed by atoms with Crippen LogP contribution in [0.2, 0.25) is 0 Å². The van der Waals surface area contributed by atoms with Gasteiger partial charge in [-0.2, -0.15) is 4.80 Å². The first-order valence-corrected chi connectivity index (χ1v) is 14.9. The Hall–Kier alpha value is -4.36. The molecule has 0 bridgehead atoms. The van der Waals surface area contributed by atoms with Gasteiger partial charge in [0.25, 0.3) is 0 Å². The van der Waals surface area contributed by atoms with Crippen LogP contribution in [0.3, 0.4) is 0 Å². The molecule has 2 aliphatic heterocycles. The number of fused-ring (bicyclic) bond motifs is 2. The van der Waals surface area contributed by atoms with Crippen LogP contribution in [-0.4, -0.2) is 83.9 Å². The van der Waals surface area contributed by atoms with E-state index < -0.39 is 59.0 Å². The predicted molar refractivity (Wildman–Crippen MR) is 154 cm³/mol. The molecule has 13 nitrogen and oxygen atoms in total. The van der Waals surface area contributed by atoms with Gasteiger partial charge in [0, 0.05) is 24.4 Å². The molecular weight excluding hydrogens is 573 g/mol. The quantitative estimate of drug-likeness (QED) is 0.440. The average molecular weight is 612 g/mol. The number of hydrogen-bond acceptors (Lipinski definition) is 8. The van der Waals surface area contributed by atoms with Gasteiger partial charge >= 0.3 is 12.1 Å². The Morgan fingerprint density at radius 3 is 2.73 bits per heavy atom. The lowest BCUT2D eigenvalue weighted by Crippen LogP contribution is -2.56. The first-order valence-electron chi connectivity index (χ1n) is 14.9. The summed E-state index contributed by atoms with van der Waals surface area (Å²) < 4.78 is 19.2. The number of carbonyl (C=O) groups is 4. The number of amides is 3. The van der Waals surface area contributed by atoms with Gasteiger partial charge in [0.05, 0.1) is 6.04 Å². The summed E-state index contributed by atoms with van der Waals surface area (Å²) in [6.45, 7) is 5.16. The smallest absolute Gasteiger partial charge is 0.408 e. The van der Waals surface area contributed by atoms with Gasteiger partial charge in [-0.25, -0.2) is 14.0 Å². The molecule has 5 rings (SSSR count). The molecule has 2 fully saturated rings. The van der Waals surface area contributed by atoms with Gasteiger partial charge in [0.15, 0.2) is 0 Å².